The summed E-state index contributed by atoms with van der Waals surface area (Å²) in [6.07, 6.45) is 4.42. The Balaban J connectivity index is 2.24. The van der Waals surface area contributed by atoms with Crippen LogP contribution in [0, 0.1) is 11.6 Å². The van der Waals surface area contributed by atoms with E-state index < -0.39 is 11.6 Å². The van der Waals surface area contributed by atoms with Gasteiger partial charge < -0.3 is 5.73 Å². The lowest BCUT2D eigenvalue weighted by molar-refractivity contribution is 0.0762. The molecule has 0 aliphatic carbocycles. The summed E-state index contributed by atoms with van der Waals surface area (Å²) in [4.78, 5) is 2.43. The first-order valence-corrected chi connectivity index (χ1v) is 7.98. The summed E-state index contributed by atoms with van der Waals surface area (Å²) < 4.78 is 27.7. The zero-order valence-electron chi connectivity index (χ0n) is 13.0. The molecule has 21 heavy (non-hydrogen) atoms. The molecule has 1 aromatic carbocycles. The number of hydrogen-bond acceptors (Lipinski definition) is 2. The van der Waals surface area contributed by atoms with Gasteiger partial charge in [-0.1, -0.05) is 19.9 Å². The average molecular weight is 296 g/mol. The third-order valence-corrected chi connectivity index (χ3v) is 5.14. The average Bonchev–Trinajstić information content (AvgIpc) is 3.00. The van der Waals surface area contributed by atoms with Crippen LogP contribution in [0.3, 0.4) is 0 Å². The minimum absolute atomic E-state index is 0.121. The molecule has 4 heteroatoms. The van der Waals surface area contributed by atoms with E-state index in [9.17, 15) is 8.78 Å². The van der Waals surface area contributed by atoms with E-state index in [0.717, 1.165) is 25.9 Å². The van der Waals surface area contributed by atoms with E-state index in [-0.39, 0.29) is 23.6 Å². The summed E-state index contributed by atoms with van der Waals surface area (Å²) in [6, 6.07) is 3.74. The monoisotopic (exact) mass is 296 g/mol. The van der Waals surface area contributed by atoms with Crippen molar-refractivity contribution in [3.63, 3.8) is 0 Å². The Bertz CT molecular complexity index is 446. The number of nitrogens with zero attached hydrogens (tertiary/aromatic N) is 1. The summed E-state index contributed by atoms with van der Waals surface area (Å²) >= 11 is 0. The zero-order chi connectivity index (χ0) is 15.5. The van der Waals surface area contributed by atoms with Crippen LogP contribution in [0.5, 0.6) is 0 Å². The highest BCUT2D eigenvalue weighted by atomic mass is 19.1. The van der Waals surface area contributed by atoms with Crippen molar-refractivity contribution in [2.75, 3.05) is 13.1 Å². The number of halogens is 2. The van der Waals surface area contributed by atoms with Gasteiger partial charge in [-0.15, -0.1) is 0 Å². The fourth-order valence-corrected chi connectivity index (χ4v) is 3.76. The van der Waals surface area contributed by atoms with Gasteiger partial charge >= 0.3 is 0 Å². The van der Waals surface area contributed by atoms with Gasteiger partial charge in [0.2, 0.25) is 0 Å². The van der Waals surface area contributed by atoms with E-state index in [1.165, 1.54) is 31.0 Å². The molecule has 1 unspecified atom stereocenters. The van der Waals surface area contributed by atoms with Crippen LogP contribution >= 0.6 is 0 Å². The lowest BCUT2D eigenvalue weighted by Gasteiger charge is -2.45. The second-order valence-corrected chi connectivity index (χ2v) is 6.02. The van der Waals surface area contributed by atoms with E-state index >= 15 is 0 Å². The molecule has 1 heterocycles. The van der Waals surface area contributed by atoms with Crippen molar-refractivity contribution in [1.82, 2.24) is 4.90 Å². The Labute approximate surface area is 126 Å². The smallest absolute Gasteiger partial charge is 0.129 e. The number of hydrogen-bond donors (Lipinski definition) is 1. The normalized spacial score (nSPS) is 18.1. The Morgan fingerprint density at radius 1 is 1.14 bits per heavy atom. The molecule has 2 nitrogen and oxygen atoms in total. The van der Waals surface area contributed by atoms with E-state index in [2.05, 4.69) is 18.7 Å². The molecule has 2 N–H and O–H groups in total. The summed E-state index contributed by atoms with van der Waals surface area (Å²) in [6.45, 7) is 6.32. The maximum absolute atomic E-state index is 13.9. The molecule has 0 aromatic heterocycles. The van der Waals surface area contributed by atoms with E-state index in [4.69, 9.17) is 5.73 Å². The van der Waals surface area contributed by atoms with E-state index in [1.807, 2.05) is 0 Å². The number of likely N-dealkylation sites (tertiary alicyclic amines) is 1. The van der Waals surface area contributed by atoms with Gasteiger partial charge in [0.25, 0.3) is 0 Å². The molecule has 0 bridgehead atoms. The summed E-state index contributed by atoms with van der Waals surface area (Å²) in [5.74, 6) is -0.985. The Morgan fingerprint density at radius 2 is 1.67 bits per heavy atom. The van der Waals surface area contributed by atoms with Gasteiger partial charge in [-0.2, -0.15) is 0 Å². The maximum atomic E-state index is 13.9. The first-order valence-electron chi connectivity index (χ1n) is 7.98. The third kappa shape index (κ3) is 3.11. The first-order chi connectivity index (χ1) is 10.0. The molecule has 1 aliphatic heterocycles. The minimum Gasteiger partial charge on any atom is -0.326 e. The van der Waals surface area contributed by atoms with Gasteiger partial charge in [0.15, 0.2) is 0 Å². The largest absolute Gasteiger partial charge is 0.326 e. The fraction of sp³-hybridized carbons (Fsp3) is 0.647. The fourth-order valence-electron chi connectivity index (χ4n) is 3.76. The molecule has 118 valence electrons. The number of benzene rings is 1. The molecule has 0 amide bonds. The Morgan fingerprint density at radius 3 is 2.14 bits per heavy atom. The maximum Gasteiger partial charge on any atom is 0.129 e. The van der Waals surface area contributed by atoms with Gasteiger partial charge in [0.1, 0.15) is 11.6 Å². The molecule has 1 fully saturated rings. The topological polar surface area (TPSA) is 29.3 Å². The van der Waals surface area contributed by atoms with Crippen molar-refractivity contribution < 1.29 is 8.78 Å². The summed E-state index contributed by atoms with van der Waals surface area (Å²) in [7, 11) is 0. The predicted octanol–water partition coefficient (Wildman–Crippen LogP) is 3.49. The van der Waals surface area contributed by atoms with Gasteiger partial charge in [-0.3, -0.25) is 4.90 Å². The molecule has 2 rings (SSSR count). The number of nitrogens with two attached hydrogens (primary N) is 1. The second-order valence-electron chi connectivity index (χ2n) is 6.02. The summed E-state index contributed by atoms with van der Waals surface area (Å²) in [5.41, 5.74) is 6.41. The van der Waals surface area contributed by atoms with E-state index in [0.29, 0.717) is 0 Å². The standard InChI is InChI=1S/C17H26F2N2/c1-3-17(4-2,21-10-5-6-11-21)16(20)12-13-14(18)8-7-9-15(13)19/h7-9,16H,3-6,10-12,20H2,1-2H3. The van der Waals surface area contributed by atoms with Crippen molar-refractivity contribution in [1.29, 1.82) is 0 Å². The highest BCUT2D eigenvalue weighted by Crippen LogP contribution is 2.32. The van der Waals surface area contributed by atoms with Crippen LogP contribution in [-0.2, 0) is 6.42 Å². The highest BCUT2D eigenvalue weighted by Gasteiger charge is 2.40. The molecule has 0 radical (unpaired) electrons. The Kier molecular flexibility index (Phi) is 5.33. The van der Waals surface area contributed by atoms with Crippen molar-refractivity contribution in [2.45, 2.75) is 57.5 Å². The van der Waals surface area contributed by atoms with Crippen molar-refractivity contribution in [3.8, 4) is 0 Å². The van der Waals surface area contributed by atoms with Gasteiger partial charge in [0.05, 0.1) is 0 Å². The number of rotatable bonds is 6. The lowest BCUT2D eigenvalue weighted by atomic mass is 9.80. The first kappa shape index (κ1) is 16.4. The van der Waals surface area contributed by atoms with Crippen molar-refractivity contribution >= 4 is 0 Å². The van der Waals surface area contributed by atoms with Crippen LogP contribution < -0.4 is 5.73 Å². The SMILES string of the molecule is CCC(CC)(C(N)Cc1c(F)cccc1F)N1CCCC1. The predicted molar refractivity (Wildman–Crippen MR) is 82.2 cm³/mol. The minimum atomic E-state index is -0.493. The molecular weight excluding hydrogens is 270 g/mol. The summed E-state index contributed by atoms with van der Waals surface area (Å²) in [5, 5.41) is 0. The third-order valence-electron chi connectivity index (χ3n) is 5.14. The molecule has 0 saturated carbocycles. The molecule has 1 saturated heterocycles. The Hall–Kier alpha value is -1.00. The van der Waals surface area contributed by atoms with Crippen molar-refractivity contribution in [2.24, 2.45) is 5.73 Å². The van der Waals surface area contributed by atoms with Gasteiger partial charge in [0, 0.05) is 17.1 Å². The second kappa shape index (κ2) is 6.84. The van der Waals surface area contributed by atoms with Crippen LogP contribution in [0.15, 0.2) is 18.2 Å². The van der Waals surface area contributed by atoms with Crippen molar-refractivity contribution in [3.05, 3.63) is 35.4 Å². The zero-order valence-corrected chi connectivity index (χ0v) is 13.0. The quantitative estimate of drug-likeness (QED) is 0.870. The van der Waals surface area contributed by atoms with Crippen LogP contribution in [-0.4, -0.2) is 29.6 Å². The lowest BCUT2D eigenvalue weighted by Crippen LogP contribution is -2.59. The highest BCUT2D eigenvalue weighted by molar-refractivity contribution is 5.22. The van der Waals surface area contributed by atoms with Crippen LogP contribution in [0.2, 0.25) is 0 Å². The van der Waals surface area contributed by atoms with Crippen LogP contribution in [0.1, 0.15) is 45.1 Å². The van der Waals surface area contributed by atoms with Gasteiger partial charge in [-0.25, -0.2) is 8.78 Å². The molecule has 1 aliphatic rings. The van der Waals surface area contributed by atoms with Gasteiger partial charge in [-0.05, 0) is 57.3 Å². The van der Waals surface area contributed by atoms with Crippen LogP contribution in [0.25, 0.3) is 0 Å². The molecule has 0 spiro atoms. The van der Waals surface area contributed by atoms with E-state index in [1.54, 1.807) is 0 Å². The van der Waals surface area contributed by atoms with Crippen LogP contribution in [0.4, 0.5) is 8.78 Å². The molecule has 1 aromatic rings. The molecular formula is C17H26F2N2. The molecule has 1 atom stereocenters.